The second-order valence-electron chi connectivity index (χ2n) is 14.3. The molecule has 3 fully saturated rings. The second-order valence-corrected chi connectivity index (χ2v) is 14.3. The van der Waals surface area contributed by atoms with E-state index in [-0.39, 0.29) is 51.5 Å². The van der Waals surface area contributed by atoms with Crippen molar-refractivity contribution in [2.75, 3.05) is 6.61 Å². The van der Waals surface area contributed by atoms with Crippen LogP contribution in [0.3, 0.4) is 0 Å². The number of rotatable bonds is 7. The van der Waals surface area contributed by atoms with Crippen LogP contribution in [0.5, 0.6) is 0 Å². The van der Waals surface area contributed by atoms with Crippen LogP contribution in [0.4, 0.5) is 0 Å². The van der Waals surface area contributed by atoms with Crippen molar-refractivity contribution in [2.45, 2.75) is 160 Å². The SMILES string of the molecule is CC1(C)CC(OCC(OC2CC(C)(C)NC2(C)C)OC2CC(C)(C)NC2(C)C)C(C)(C)N1. The fourth-order valence-corrected chi connectivity index (χ4v) is 6.54. The van der Waals surface area contributed by atoms with Gasteiger partial charge in [0, 0.05) is 33.2 Å². The molecule has 6 heteroatoms. The highest BCUT2D eigenvalue weighted by Gasteiger charge is 2.50. The van der Waals surface area contributed by atoms with Gasteiger partial charge in [0.15, 0.2) is 6.29 Å². The van der Waals surface area contributed by atoms with Gasteiger partial charge in [-0.05, 0) is 102 Å². The number of hydrogen-bond donors (Lipinski definition) is 3. The average Bonchev–Trinajstić information content (AvgIpc) is 2.97. The third-order valence-corrected chi connectivity index (χ3v) is 7.55. The molecular weight excluding hydrogens is 402 g/mol. The van der Waals surface area contributed by atoms with Crippen LogP contribution in [0.2, 0.25) is 0 Å². The van der Waals surface area contributed by atoms with E-state index in [1.807, 2.05) is 0 Å². The topological polar surface area (TPSA) is 63.8 Å². The molecule has 3 saturated heterocycles. The molecular formula is C26H51N3O3. The van der Waals surface area contributed by atoms with Crippen molar-refractivity contribution >= 4 is 0 Å². The van der Waals surface area contributed by atoms with E-state index in [9.17, 15) is 0 Å². The van der Waals surface area contributed by atoms with E-state index in [1.54, 1.807) is 0 Å². The lowest BCUT2D eigenvalue weighted by molar-refractivity contribution is -0.235. The van der Waals surface area contributed by atoms with Gasteiger partial charge in [-0.1, -0.05) is 0 Å². The van der Waals surface area contributed by atoms with E-state index >= 15 is 0 Å². The van der Waals surface area contributed by atoms with Crippen LogP contribution in [0.25, 0.3) is 0 Å². The van der Waals surface area contributed by atoms with Crippen molar-refractivity contribution < 1.29 is 14.2 Å². The summed E-state index contributed by atoms with van der Waals surface area (Å²) in [5.74, 6) is 0. The molecule has 3 aliphatic heterocycles. The highest BCUT2D eigenvalue weighted by molar-refractivity contribution is 5.07. The second kappa shape index (κ2) is 8.17. The first kappa shape index (κ1) is 26.4. The molecule has 3 heterocycles. The first-order valence-electron chi connectivity index (χ1n) is 12.5. The standard InChI is InChI=1S/C26H51N3O3/c1-21(2)13-17(24(7,8)27-21)30-16-20(31-18-14-22(3,4)28-25(18,9)10)32-19-15-23(5,6)29-26(19,11)12/h17-20,27-29H,13-16H2,1-12H3. The summed E-state index contributed by atoms with van der Waals surface area (Å²) in [6, 6.07) is 0. The molecule has 0 saturated carbocycles. The van der Waals surface area contributed by atoms with Crippen molar-refractivity contribution in [1.29, 1.82) is 0 Å². The number of hydrogen-bond acceptors (Lipinski definition) is 6. The monoisotopic (exact) mass is 453 g/mol. The molecule has 0 spiro atoms. The summed E-state index contributed by atoms with van der Waals surface area (Å²) in [6.07, 6.45) is 2.69. The highest BCUT2D eigenvalue weighted by Crippen LogP contribution is 2.38. The van der Waals surface area contributed by atoms with Gasteiger partial charge in [0.2, 0.25) is 0 Å². The summed E-state index contributed by atoms with van der Waals surface area (Å²) >= 11 is 0. The minimum absolute atomic E-state index is 0.0388. The lowest BCUT2D eigenvalue weighted by Crippen LogP contribution is -2.51. The summed E-state index contributed by atoms with van der Waals surface area (Å²) in [5.41, 5.74) is -0.184. The van der Waals surface area contributed by atoms with Crippen molar-refractivity contribution in [2.24, 2.45) is 0 Å². The smallest absolute Gasteiger partial charge is 0.181 e. The van der Waals surface area contributed by atoms with Gasteiger partial charge < -0.3 is 30.2 Å². The first-order valence-corrected chi connectivity index (χ1v) is 12.5. The maximum atomic E-state index is 6.71. The summed E-state index contributed by atoms with van der Waals surface area (Å²) in [7, 11) is 0. The first-order chi connectivity index (χ1) is 14.2. The Morgan fingerprint density at radius 3 is 1.16 bits per heavy atom. The Bertz CT molecular complexity index is 646. The minimum atomic E-state index is -0.408. The third-order valence-electron chi connectivity index (χ3n) is 7.55. The Labute approximate surface area is 197 Å². The van der Waals surface area contributed by atoms with Crippen molar-refractivity contribution in [3.8, 4) is 0 Å². The molecule has 0 aromatic carbocycles. The number of ether oxygens (including phenoxy) is 3. The Morgan fingerprint density at radius 1 is 0.562 bits per heavy atom. The average molecular weight is 454 g/mol. The van der Waals surface area contributed by atoms with Gasteiger partial charge in [-0.15, -0.1) is 0 Å². The quantitative estimate of drug-likeness (QED) is 0.504. The Morgan fingerprint density at radius 2 is 0.875 bits per heavy atom. The molecule has 3 aliphatic rings. The maximum Gasteiger partial charge on any atom is 0.181 e. The van der Waals surface area contributed by atoms with Crippen molar-refractivity contribution in [3.63, 3.8) is 0 Å². The fourth-order valence-electron chi connectivity index (χ4n) is 6.54. The Hall–Kier alpha value is -0.240. The molecule has 3 N–H and O–H groups in total. The predicted octanol–water partition coefficient (Wildman–Crippen LogP) is 4.12. The van der Waals surface area contributed by atoms with E-state index in [0.717, 1.165) is 19.3 Å². The van der Waals surface area contributed by atoms with Crippen LogP contribution in [0.1, 0.15) is 102 Å². The molecule has 0 radical (unpaired) electrons. The summed E-state index contributed by atoms with van der Waals surface area (Å²) in [5, 5.41) is 11.2. The molecule has 32 heavy (non-hydrogen) atoms. The maximum absolute atomic E-state index is 6.71. The molecule has 0 aliphatic carbocycles. The summed E-state index contributed by atoms with van der Waals surface area (Å²) in [6.45, 7) is 27.2. The molecule has 3 atom stereocenters. The zero-order valence-electron chi connectivity index (χ0n) is 22.9. The molecule has 0 aromatic rings. The zero-order valence-corrected chi connectivity index (χ0v) is 22.9. The molecule has 0 bridgehead atoms. The highest BCUT2D eigenvalue weighted by atomic mass is 16.7. The largest absolute Gasteiger partial charge is 0.371 e. The van der Waals surface area contributed by atoms with Gasteiger partial charge in [0.1, 0.15) is 0 Å². The minimum Gasteiger partial charge on any atom is -0.371 e. The van der Waals surface area contributed by atoms with E-state index in [0.29, 0.717) is 6.61 Å². The lowest BCUT2D eigenvalue weighted by atomic mass is 9.96. The molecule has 0 amide bonds. The third kappa shape index (κ3) is 6.05. The van der Waals surface area contributed by atoms with Gasteiger partial charge in [-0.3, -0.25) is 0 Å². The Balaban J connectivity index is 1.74. The van der Waals surface area contributed by atoms with Gasteiger partial charge >= 0.3 is 0 Å². The van der Waals surface area contributed by atoms with Crippen LogP contribution in [-0.2, 0) is 14.2 Å². The van der Waals surface area contributed by atoms with Crippen LogP contribution in [-0.4, -0.2) is 64.4 Å². The lowest BCUT2D eigenvalue weighted by Gasteiger charge is -2.36. The van der Waals surface area contributed by atoms with E-state index < -0.39 is 6.29 Å². The van der Waals surface area contributed by atoms with E-state index in [2.05, 4.69) is 99.0 Å². The fraction of sp³-hybridized carbons (Fsp3) is 1.00. The molecule has 3 unspecified atom stereocenters. The van der Waals surface area contributed by atoms with Crippen molar-refractivity contribution in [3.05, 3.63) is 0 Å². The molecule has 6 nitrogen and oxygen atoms in total. The van der Waals surface area contributed by atoms with E-state index in [4.69, 9.17) is 14.2 Å². The van der Waals surface area contributed by atoms with Crippen LogP contribution >= 0.6 is 0 Å². The molecule has 188 valence electrons. The van der Waals surface area contributed by atoms with E-state index in [1.165, 1.54) is 0 Å². The van der Waals surface area contributed by atoms with Crippen molar-refractivity contribution in [1.82, 2.24) is 16.0 Å². The molecule has 3 rings (SSSR count). The van der Waals surface area contributed by atoms with Crippen LogP contribution in [0.15, 0.2) is 0 Å². The normalized spacial score (nSPS) is 36.9. The summed E-state index contributed by atoms with van der Waals surface area (Å²) in [4.78, 5) is 0. The van der Waals surface area contributed by atoms with Gasteiger partial charge in [-0.25, -0.2) is 0 Å². The van der Waals surface area contributed by atoms with Gasteiger partial charge in [0.05, 0.1) is 24.9 Å². The Kier molecular flexibility index (Phi) is 6.73. The predicted molar refractivity (Wildman–Crippen MR) is 131 cm³/mol. The van der Waals surface area contributed by atoms with Crippen LogP contribution < -0.4 is 16.0 Å². The summed E-state index contributed by atoms with van der Waals surface area (Å²) < 4.78 is 19.9. The van der Waals surface area contributed by atoms with Gasteiger partial charge in [-0.2, -0.15) is 0 Å². The zero-order chi connectivity index (χ0) is 24.4. The number of nitrogens with one attached hydrogen (secondary N) is 3. The van der Waals surface area contributed by atoms with Gasteiger partial charge in [0.25, 0.3) is 0 Å². The van der Waals surface area contributed by atoms with Crippen LogP contribution in [0, 0.1) is 0 Å². The molecule has 0 aromatic heterocycles.